The summed E-state index contributed by atoms with van der Waals surface area (Å²) >= 11 is 5.99. The number of halogens is 4. The Kier molecular flexibility index (Phi) is 4.91. The molecule has 21 heavy (non-hydrogen) atoms. The zero-order valence-corrected chi connectivity index (χ0v) is 12.4. The van der Waals surface area contributed by atoms with Gasteiger partial charge >= 0.3 is 0 Å². The van der Waals surface area contributed by atoms with Crippen LogP contribution in [0.2, 0.25) is 5.02 Å². The number of rotatable bonds is 4. The quantitative estimate of drug-likeness (QED) is 0.802. The van der Waals surface area contributed by atoms with Crippen molar-refractivity contribution in [2.45, 2.75) is 19.9 Å². The Hall–Kier alpha value is -1.52. The maximum absolute atomic E-state index is 14.1. The van der Waals surface area contributed by atoms with Gasteiger partial charge in [-0.3, -0.25) is 0 Å². The number of hydrogen-bond acceptors (Lipinski definition) is 1. The van der Waals surface area contributed by atoms with Crippen LogP contribution in [0.15, 0.2) is 30.3 Å². The molecule has 112 valence electrons. The molecule has 5 heteroatoms. The molecule has 1 N–H and O–H groups in total. The van der Waals surface area contributed by atoms with E-state index >= 15 is 0 Å². The van der Waals surface area contributed by atoms with Crippen molar-refractivity contribution in [3.63, 3.8) is 0 Å². The number of aryl methyl sites for hydroxylation is 1. The molecule has 1 nitrogen and oxygen atoms in total. The highest BCUT2D eigenvalue weighted by Crippen LogP contribution is 2.30. The third-order valence-corrected chi connectivity index (χ3v) is 3.57. The zero-order valence-electron chi connectivity index (χ0n) is 11.7. The van der Waals surface area contributed by atoms with Gasteiger partial charge in [-0.25, -0.2) is 13.2 Å². The van der Waals surface area contributed by atoms with E-state index in [9.17, 15) is 13.2 Å². The third-order valence-electron chi connectivity index (χ3n) is 3.34. The molecule has 0 aliphatic rings. The lowest BCUT2D eigenvalue weighted by molar-refractivity contribution is 0.433. The fourth-order valence-corrected chi connectivity index (χ4v) is 2.46. The summed E-state index contributed by atoms with van der Waals surface area (Å²) in [5.74, 6) is -3.84. The Balaban J connectivity index is 2.59. The van der Waals surface area contributed by atoms with Crippen molar-refractivity contribution >= 4 is 11.6 Å². The van der Waals surface area contributed by atoms with E-state index in [-0.39, 0.29) is 5.56 Å². The Labute approximate surface area is 126 Å². The van der Waals surface area contributed by atoms with Crippen LogP contribution in [0.5, 0.6) is 0 Å². The average Bonchev–Trinajstić information content (AvgIpc) is 2.46. The molecule has 0 aromatic heterocycles. The van der Waals surface area contributed by atoms with Crippen LogP contribution in [0, 0.1) is 24.4 Å². The zero-order chi connectivity index (χ0) is 15.6. The van der Waals surface area contributed by atoms with Gasteiger partial charge < -0.3 is 5.32 Å². The van der Waals surface area contributed by atoms with Gasteiger partial charge in [-0.2, -0.15) is 0 Å². The van der Waals surface area contributed by atoms with Crippen molar-refractivity contribution in [1.29, 1.82) is 0 Å². The van der Waals surface area contributed by atoms with E-state index < -0.39 is 23.5 Å². The first-order chi connectivity index (χ1) is 9.95. The van der Waals surface area contributed by atoms with Gasteiger partial charge in [0.05, 0.1) is 6.04 Å². The summed E-state index contributed by atoms with van der Waals surface area (Å²) in [6, 6.07) is 6.82. The SMILES string of the molecule is CCNC(c1cc(Cl)ccc1C)c1ccc(F)c(F)c1F. The molecule has 2 rings (SSSR count). The highest BCUT2D eigenvalue weighted by Gasteiger charge is 2.23. The lowest BCUT2D eigenvalue weighted by atomic mass is 9.94. The molecular weight excluding hydrogens is 299 g/mol. The molecule has 1 unspecified atom stereocenters. The maximum atomic E-state index is 14.1. The van der Waals surface area contributed by atoms with E-state index in [0.717, 1.165) is 17.2 Å². The Morgan fingerprint density at radius 3 is 2.43 bits per heavy atom. The molecule has 2 aromatic rings. The summed E-state index contributed by atoms with van der Waals surface area (Å²) in [5, 5.41) is 3.58. The van der Waals surface area contributed by atoms with Gasteiger partial charge in [-0.05, 0) is 42.8 Å². The van der Waals surface area contributed by atoms with Crippen LogP contribution >= 0.6 is 11.6 Å². The maximum Gasteiger partial charge on any atom is 0.194 e. The summed E-state index contributed by atoms with van der Waals surface area (Å²) < 4.78 is 40.6. The molecule has 2 aromatic carbocycles. The summed E-state index contributed by atoms with van der Waals surface area (Å²) in [5.41, 5.74) is 1.67. The molecule has 0 aliphatic carbocycles. The molecule has 0 aliphatic heterocycles. The minimum Gasteiger partial charge on any atom is -0.306 e. The molecule has 0 fully saturated rings. The van der Waals surface area contributed by atoms with Gasteiger partial charge in [-0.1, -0.05) is 30.7 Å². The van der Waals surface area contributed by atoms with Gasteiger partial charge in [0, 0.05) is 10.6 Å². The van der Waals surface area contributed by atoms with Crippen molar-refractivity contribution in [3.8, 4) is 0 Å². The van der Waals surface area contributed by atoms with Crippen LogP contribution in [0.4, 0.5) is 13.2 Å². The molecule has 0 saturated carbocycles. The van der Waals surface area contributed by atoms with Crippen molar-refractivity contribution in [2.75, 3.05) is 6.54 Å². The fraction of sp³-hybridized carbons (Fsp3) is 0.250. The highest BCUT2D eigenvalue weighted by molar-refractivity contribution is 6.30. The number of benzene rings is 2. The van der Waals surface area contributed by atoms with E-state index in [1.165, 1.54) is 6.07 Å². The lowest BCUT2D eigenvalue weighted by Gasteiger charge is -2.22. The van der Waals surface area contributed by atoms with Crippen LogP contribution in [-0.2, 0) is 0 Å². The van der Waals surface area contributed by atoms with Crippen molar-refractivity contribution in [1.82, 2.24) is 5.32 Å². The molecule has 0 heterocycles. The second kappa shape index (κ2) is 6.50. The minimum atomic E-state index is -1.46. The summed E-state index contributed by atoms with van der Waals surface area (Å²) in [6.07, 6.45) is 0. The van der Waals surface area contributed by atoms with E-state index in [4.69, 9.17) is 11.6 Å². The molecule has 0 spiro atoms. The van der Waals surface area contributed by atoms with Crippen molar-refractivity contribution in [3.05, 3.63) is 69.5 Å². The van der Waals surface area contributed by atoms with Crippen LogP contribution in [0.1, 0.15) is 29.7 Å². The molecule has 1 atom stereocenters. The van der Waals surface area contributed by atoms with E-state index in [0.29, 0.717) is 11.6 Å². The normalized spacial score (nSPS) is 12.5. The van der Waals surface area contributed by atoms with Crippen LogP contribution in [-0.4, -0.2) is 6.54 Å². The first-order valence-corrected chi connectivity index (χ1v) is 6.96. The molecule has 0 amide bonds. The van der Waals surface area contributed by atoms with Crippen LogP contribution in [0.3, 0.4) is 0 Å². The summed E-state index contributed by atoms with van der Waals surface area (Å²) in [4.78, 5) is 0. The molecule has 0 radical (unpaired) electrons. The largest absolute Gasteiger partial charge is 0.306 e. The van der Waals surface area contributed by atoms with Gasteiger partial charge in [0.2, 0.25) is 0 Å². The molecule has 0 saturated heterocycles. The smallest absolute Gasteiger partial charge is 0.194 e. The standard InChI is InChI=1S/C16H15ClF3N/c1-3-21-16(12-8-10(17)5-4-9(12)2)11-6-7-13(18)15(20)14(11)19/h4-8,16,21H,3H2,1-2H3. The van der Waals surface area contributed by atoms with Gasteiger partial charge in [0.1, 0.15) is 0 Å². The Morgan fingerprint density at radius 1 is 1.05 bits per heavy atom. The monoisotopic (exact) mass is 313 g/mol. The second-order valence-corrected chi connectivity index (χ2v) is 5.19. The highest BCUT2D eigenvalue weighted by atomic mass is 35.5. The van der Waals surface area contributed by atoms with Crippen LogP contribution in [0.25, 0.3) is 0 Å². The van der Waals surface area contributed by atoms with Crippen molar-refractivity contribution < 1.29 is 13.2 Å². The van der Waals surface area contributed by atoms with Crippen LogP contribution < -0.4 is 5.32 Å². The fourth-order valence-electron chi connectivity index (χ4n) is 2.28. The number of hydrogen-bond donors (Lipinski definition) is 1. The first-order valence-electron chi connectivity index (χ1n) is 6.58. The van der Waals surface area contributed by atoms with E-state index in [2.05, 4.69) is 5.32 Å². The summed E-state index contributed by atoms with van der Waals surface area (Å²) in [7, 11) is 0. The predicted octanol–water partition coefficient (Wildman–Crippen LogP) is 4.76. The van der Waals surface area contributed by atoms with Gasteiger partial charge in [-0.15, -0.1) is 0 Å². The van der Waals surface area contributed by atoms with Crippen molar-refractivity contribution in [2.24, 2.45) is 0 Å². The Bertz CT molecular complexity index is 658. The molecular formula is C16H15ClF3N. The topological polar surface area (TPSA) is 12.0 Å². The minimum absolute atomic E-state index is 0.0566. The number of nitrogens with one attached hydrogen (secondary N) is 1. The molecule has 0 bridgehead atoms. The average molecular weight is 314 g/mol. The second-order valence-electron chi connectivity index (χ2n) is 4.76. The van der Waals surface area contributed by atoms with Gasteiger partial charge in [0.25, 0.3) is 0 Å². The first kappa shape index (κ1) is 15.9. The lowest BCUT2D eigenvalue weighted by Crippen LogP contribution is -2.24. The van der Waals surface area contributed by atoms with Gasteiger partial charge in [0.15, 0.2) is 17.5 Å². The summed E-state index contributed by atoms with van der Waals surface area (Å²) in [6.45, 7) is 4.24. The van der Waals surface area contributed by atoms with E-state index in [1.54, 1.807) is 18.2 Å². The Morgan fingerprint density at radius 2 is 1.76 bits per heavy atom. The third kappa shape index (κ3) is 3.22. The van der Waals surface area contributed by atoms with E-state index in [1.807, 2.05) is 13.8 Å². The predicted molar refractivity (Wildman–Crippen MR) is 78.0 cm³/mol.